The summed E-state index contributed by atoms with van der Waals surface area (Å²) < 4.78 is 8.20. The van der Waals surface area contributed by atoms with E-state index in [1.807, 2.05) is 35.2 Å². The fourth-order valence-corrected chi connectivity index (χ4v) is 6.07. The molecule has 1 aliphatic heterocycles. The molecule has 43 heavy (non-hydrogen) atoms. The van der Waals surface area contributed by atoms with E-state index < -0.39 is 0 Å². The molecule has 5 rings (SSSR count). The normalized spacial score (nSPS) is 14.0. The molecular weight excluding hydrogens is 532 g/mol. The van der Waals surface area contributed by atoms with Gasteiger partial charge in [-0.2, -0.15) is 0 Å². The molecule has 0 N–H and O–H groups in total. The number of benzene rings is 3. The molecule has 0 atom stereocenters. The van der Waals surface area contributed by atoms with Crippen LogP contribution >= 0.6 is 0 Å². The van der Waals surface area contributed by atoms with Gasteiger partial charge < -0.3 is 14.2 Å². The van der Waals surface area contributed by atoms with Crippen LogP contribution in [-0.4, -0.2) is 51.5 Å². The fraction of sp³-hybridized carbons (Fsp3) is 0.459. The van der Waals surface area contributed by atoms with Gasteiger partial charge in [-0.3, -0.25) is 9.69 Å². The van der Waals surface area contributed by atoms with Gasteiger partial charge in [0, 0.05) is 25.2 Å². The lowest BCUT2D eigenvalue weighted by molar-refractivity contribution is 0.0716. The smallest absolute Gasteiger partial charge is 0.254 e. The third-order valence-corrected chi connectivity index (χ3v) is 8.35. The summed E-state index contributed by atoms with van der Waals surface area (Å²) in [7, 11) is 0. The van der Waals surface area contributed by atoms with Crippen LogP contribution in [0.25, 0.3) is 11.0 Å². The van der Waals surface area contributed by atoms with E-state index in [1.165, 1.54) is 49.9 Å². The van der Waals surface area contributed by atoms with Gasteiger partial charge in [-0.15, -0.1) is 0 Å². The van der Waals surface area contributed by atoms with Gasteiger partial charge in [-0.1, -0.05) is 76.4 Å². The lowest BCUT2D eigenvalue weighted by Crippen LogP contribution is -2.35. The molecule has 0 unspecified atom stereocenters. The molecule has 0 radical (unpaired) electrons. The van der Waals surface area contributed by atoms with Crippen molar-refractivity contribution in [3.05, 3.63) is 95.3 Å². The Kier molecular flexibility index (Phi) is 10.9. The topological polar surface area (TPSA) is 50.6 Å². The van der Waals surface area contributed by atoms with E-state index in [1.54, 1.807) is 0 Å². The average molecular weight is 581 g/mol. The number of rotatable bonds is 14. The van der Waals surface area contributed by atoms with Gasteiger partial charge in [0.15, 0.2) is 0 Å². The molecule has 4 aromatic rings. The fourth-order valence-electron chi connectivity index (χ4n) is 6.07. The van der Waals surface area contributed by atoms with Crippen molar-refractivity contribution in [1.82, 2.24) is 19.4 Å². The number of carbonyl (C=O) groups excluding carboxylic acids is 1. The molecule has 6 nitrogen and oxygen atoms in total. The molecule has 1 saturated heterocycles. The maximum atomic E-state index is 13.9. The summed E-state index contributed by atoms with van der Waals surface area (Å²) in [4.78, 5) is 23.5. The second-order valence-corrected chi connectivity index (χ2v) is 12.4. The zero-order valence-electron chi connectivity index (χ0n) is 26.3. The lowest BCUT2D eigenvalue weighted by Gasteiger charge is -2.28. The predicted molar refractivity (Wildman–Crippen MR) is 175 cm³/mol. The van der Waals surface area contributed by atoms with E-state index in [-0.39, 0.29) is 5.91 Å². The first kappa shape index (κ1) is 30.8. The van der Waals surface area contributed by atoms with Gasteiger partial charge in [0.1, 0.15) is 11.6 Å². The average Bonchev–Trinajstić information content (AvgIpc) is 3.36. The zero-order chi connectivity index (χ0) is 30.0. The zero-order valence-corrected chi connectivity index (χ0v) is 26.3. The van der Waals surface area contributed by atoms with Crippen LogP contribution in [0.3, 0.4) is 0 Å². The monoisotopic (exact) mass is 580 g/mol. The van der Waals surface area contributed by atoms with Crippen LogP contribution < -0.4 is 4.74 Å². The van der Waals surface area contributed by atoms with Gasteiger partial charge in [0.2, 0.25) is 0 Å². The highest BCUT2D eigenvalue weighted by molar-refractivity contribution is 5.94. The number of imidazole rings is 1. The molecule has 1 aliphatic rings. The van der Waals surface area contributed by atoms with Crippen LogP contribution in [0.2, 0.25) is 0 Å². The van der Waals surface area contributed by atoms with Gasteiger partial charge in [-0.25, -0.2) is 4.98 Å². The Labute approximate surface area is 257 Å². The summed E-state index contributed by atoms with van der Waals surface area (Å²) >= 11 is 0. The SMILES string of the molecule is CCCCCOc1ccc(C(=O)N(Cc2nc3ccccc3n2Cc2ccccc2CN2CCCCC2)CC(C)C)cc1. The molecule has 3 aromatic carbocycles. The lowest BCUT2D eigenvalue weighted by atomic mass is 10.0. The number of fused-ring (bicyclic) bond motifs is 1. The van der Waals surface area contributed by atoms with Crippen molar-refractivity contribution in [2.75, 3.05) is 26.2 Å². The quantitative estimate of drug-likeness (QED) is 0.142. The highest BCUT2D eigenvalue weighted by Crippen LogP contribution is 2.24. The van der Waals surface area contributed by atoms with Gasteiger partial charge in [0.05, 0.1) is 24.2 Å². The van der Waals surface area contributed by atoms with Crippen LogP contribution in [0.5, 0.6) is 5.75 Å². The molecule has 0 bridgehead atoms. The molecule has 0 spiro atoms. The summed E-state index contributed by atoms with van der Waals surface area (Å²) in [5.41, 5.74) is 5.43. The molecule has 228 valence electrons. The number of likely N-dealkylation sites (tertiary alicyclic amines) is 1. The largest absolute Gasteiger partial charge is 0.494 e. The minimum Gasteiger partial charge on any atom is -0.494 e. The van der Waals surface area contributed by atoms with Crippen LogP contribution in [0, 0.1) is 5.92 Å². The first-order valence-electron chi connectivity index (χ1n) is 16.3. The summed E-state index contributed by atoms with van der Waals surface area (Å²) in [6.45, 7) is 12.4. The Bertz CT molecular complexity index is 1450. The third kappa shape index (κ3) is 8.26. The van der Waals surface area contributed by atoms with Crippen molar-refractivity contribution in [3.8, 4) is 5.75 Å². The van der Waals surface area contributed by atoms with Crippen molar-refractivity contribution in [2.24, 2.45) is 5.92 Å². The van der Waals surface area contributed by atoms with Crippen molar-refractivity contribution in [2.45, 2.75) is 78.9 Å². The number of unbranched alkanes of at least 4 members (excludes halogenated alkanes) is 2. The van der Waals surface area contributed by atoms with E-state index in [9.17, 15) is 4.79 Å². The maximum absolute atomic E-state index is 13.9. The molecule has 6 heteroatoms. The number of amides is 1. The summed E-state index contributed by atoms with van der Waals surface area (Å²) in [5, 5.41) is 0. The van der Waals surface area contributed by atoms with Gasteiger partial charge in [0.25, 0.3) is 5.91 Å². The summed E-state index contributed by atoms with van der Waals surface area (Å²) in [6, 6.07) is 24.8. The number of aromatic nitrogens is 2. The van der Waals surface area contributed by atoms with E-state index >= 15 is 0 Å². The minimum absolute atomic E-state index is 0.0235. The molecular formula is C37H48N4O2. The molecule has 2 heterocycles. The van der Waals surface area contributed by atoms with E-state index in [0.717, 1.165) is 48.5 Å². The number of carbonyl (C=O) groups is 1. The molecule has 0 saturated carbocycles. The second kappa shape index (κ2) is 15.2. The van der Waals surface area contributed by atoms with E-state index in [2.05, 4.69) is 72.7 Å². The number of nitrogens with zero attached hydrogens (tertiary/aromatic N) is 4. The summed E-state index contributed by atoms with van der Waals surface area (Å²) in [5.74, 6) is 2.08. The standard InChI is InChI=1S/C37H48N4O2/c1-4-5-13-24-43-33-20-18-30(19-21-33)37(42)40(25-29(2)3)28-36-38-34-16-9-10-17-35(34)41(36)27-32-15-8-7-14-31(32)26-39-22-11-6-12-23-39/h7-10,14-21,29H,4-6,11-13,22-28H2,1-3H3. The van der Waals surface area contributed by atoms with Crippen LogP contribution in [0.15, 0.2) is 72.8 Å². The van der Waals surface area contributed by atoms with Crippen LogP contribution in [0.1, 0.15) is 86.6 Å². The molecule has 1 fully saturated rings. The third-order valence-electron chi connectivity index (χ3n) is 8.35. The van der Waals surface area contributed by atoms with E-state index in [4.69, 9.17) is 9.72 Å². The van der Waals surface area contributed by atoms with Gasteiger partial charge >= 0.3 is 0 Å². The Balaban J connectivity index is 1.39. The molecule has 1 aromatic heterocycles. The second-order valence-electron chi connectivity index (χ2n) is 12.4. The number of ether oxygens (including phenoxy) is 1. The van der Waals surface area contributed by atoms with Crippen LogP contribution in [0.4, 0.5) is 0 Å². The highest BCUT2D eigenvalue weighted by atomic mass is 16.5. The van der Waals surface area contributed by atoms with Crippen molar-refractivity contribution in [3.63, 3.8) is 0 Å². The van der Waals surface area contributed by atoms with Crippen LogP contribution in [-0.2, 0) is 19.6 Å². The van der Waals surface area contributed by atoms with Gasteiger partial charge in [-0.05, 0) is 85.8 Å². The Morgan fingerprint density at radius 3 is 2.30 bits per heavy atom. The first-order valence-corrected chi connectivity index (χ1v) is 16.3. The molecule has 0 aliphatic carbocycles. The Morgan fingerprint density at radius 2 is 1.58 bits per heavy atom. The number of piperidine rings is 1. The minimum atomic E-state index is 0.0235. The van der Waals surface area contributed by atoms with Crippen molar-refractivity contribution >= 4 is 16.9 Å². The first-order chi connectivity index (χ1) is 21.0. The highest BCUT2D eigenvalue weighted by Gasteiger charge is 2.22. The maximum Gasteiger partial charge on any atom is 0.254 e. The Morgan fingerprint density at radius 1 is 0.884 bits per heavy atom. The molecule has 1 amide bonds. The summed E-state index contributed by atoms with van der Waals surface area (Å²) in [6.07, 6.45) is 7.28. The number of hydrogen-bond donors (Lipinski definition) is 0. The van der Waals surface area contributed by atoms with Crippen molar-refractivity contribution < 1.29 is 9.53 Å². The predicted octanol–water partition coefficient (Wildman–Crippen LogP) is 7.94. The number of para-hydroxylation sites is 2. The Hall–Kier alpha value is -3.64. The van der Waals surface area contributed by atoms with E-state index in [0.29, 0.717) is 31.2 Å². The van der Waals surface area contributed by atoms with Crippen molar-refractivity contribution in [1.29, 1.82) is 0 Å². The number of hydrogen-bond acceptors (Lipinski definition) is 4.